The standard InChI is InChI=1S/C15H18F3N5O/c1-2-13(24)22-6-4-3-5-12(22)14-19-8-11(21-14)10-7-20-23(9-10)15(16,17)18/h7-9,12H,2-6H2,1H3,(H,19,21). The molecule has 9 heteroatoms. The summed E-state index contributed by atoms with van der Waals surface area (Å²) in [6, 6.07) is -0.155. The maximum absolute atomic E-state index is 12.6. The minimum Gasteiger partial charge on any atom is -0.340 e. The Kier molecular flexibility index (Phi) is 4.33. The van der Waals surface area contributed by atoms with Gasteiger partial charge in [-0.05, 0) is 19.3 Å². The Morgan fingerprint density at radius 3 is 2.83 bits per heavy atom. The summed E-state index contributed by atoms with van der Waals surface area (Å²) in [4.78, 5) is 21.2. The average Bonchev–Trinajstić information content (AvgIpc) is 3.22. The molecule has 2 aromatic heterocycles. The minimum absolute atomic E-state index is 0.0453. The molecule has 0 radical (unpaired) electrons. The zero-order valence-corrected chi connectivity index (χ0v) is 13.2. The number of H-pyrrole nitrogens is 1. The molecule has 130 valence electrons. The van der Waals surface area contributed by atoms with E-state index in [1.54, 1.807) is 4.90 Å². The van der Waals surface area contributed by atoms with Crippen LogP contribution in [-0.4, -0.2) is 37.1 Å². The minimum atomic E-state index is -4.55. The molecule has 1 aliphatic rings. The number of halogens is 3. The molecule has 2 aromatic rings. The van der Waals surface area contributed by atoms with Gasteiger partial charge < -0.3 is 9.88 Å². The van der Waals surface area contributed by atoms with E-state index in [4.69, 9.17) is 0 Å². The number of amides is 1. The lowest BCUT2D eigenvalue weighted by molar-refractivity contribution is -0.212. The van der Waals surface area contributed by atoms with Crippen molar-refractivity contribution < 1.29 is 18.0 Å². The van der Waals surface area contributed by atoms with Gasteiger partial charge >= 0.3 is 6.30 Å². The Bertz CT molecular complexity index is 721. The first kappa shape index (κ1) is 16.5. The van der Waals surface area contributed by atoms with Gasteiger partial charge in [0.05, 0.1) is 24.1 Å². The highest BCUT2D eigenvalue weighted by Gasteiger charge is 2.32. The number of alkyl halides is 3. The van der Waals surface area contributed by atoms with Crippen LogP contribution in [0.4, 0.5) is 13.2 Å². The summed E-state index contributed by atoms with van der Waals surface area (Å²) in [5.74, 6) is 0.661. The monoisotopic (exact) mass is 341 g/mol. The highest BCUT2D eigenvalue weighted by Crippen LogP contribution is 2.31. The van der Waals surface area contributed by atoms with Crippen molar-refractivity contribution >= 4 is 5.91 Å². The van der Waals surface area contributed by atoms with Crippen molar-refractivity contribution in [2.75, 3.05) is 6.54 Å². The Labute approximate surface area is 136 Å². The Hall–Kier alpha value is -2.32. The number of carbonyl (C=O) groups is 1. The van der Waals surface area contributed by atoms with Crippen molar-refractivity contribution in [3.8, 4) is 11.3 Å². The number of imidazole rings is 1. The maximum Gasteiger partial charge on any atom is 0.504 e. The van der Waals surface area contributed by atoms with Gasteiger partial charge in [-0.25, -0.2) is 4.98 Å². The fourth-order valence-corrected chi connectivity index (χ4v) is 2.97. The van der Waals surface area contributed by atoms with Gasteiger partial charge in [0.2, 0.25) is 5.91 Å². The van der Waals surface area contributed by atoms with E-state index in [0.717, 1.165) is 31.7 Å². The van der Waals surface area contributed by atoms with Crippen LogP contribution in [0.5, 0.6) is 0 Å². The van der Waals surface area contributed by atoms with E-state index in [0.29, 0.717) is 30.0 Å². The summed E-state index contributed by atoms with van der Waals surface area (Å²) in [7, 11) is 0. The fourth-order valence-electron chi connectivity index (χ4n) is 2.97. The van der Waals surface area contributed by atoms with Crippen molar-refractivity contribution in [1.82, 2.24) is 24.6 Å². The van der Waals surface area contributed by atoms with Gasteiger partial charge in [0.15, 0.2) is 0 Å². The smallest absolute Gasteiger partial charge is 0.340 e. The number of nitrogens with zero attached hydrogens (tertiary/aromatic N) is 4. The fraction of sp³-hybridized carbons (Fsp3) is 0.533. The van der Waals surface area contributed by atoms with Crippen LogP contribution in [0.15, 0.2) is 18.6 Å². The molecular formula is C15H18F3N5O. The first-order valence-electron chi connectivity index (χ1n) is 7.86. The number of hydrogen-bond donors (Lipinski definition) is 1. The zero-order valence-electron chi connectivity index (χ0n) is 13.2. The van der Waals surface area contributed by atoms with Crippen molar-refractivity contribution in [3.05, 3.63) is 24.4 Å². The number of nitrogens with one attached hydrogen (secondary N) is 1. The molecule has 1 atom stereocenters. The number of likely N-dealkylation sites (tertiary alicyclic amines) is 1. The molecule has 0 aromatic carbocycles. The highest BCUT2D eigenvalue weighted by atomic mass is 19.4. The van der Waals surface area contributed by atoms with Crippen molar-refractivity contribution in [1.29, 1.82) is 0 Å². The van der Waals surface area contributed by atoms with Gasteiger partial charge in [-0.3, -0.25) is 4.79 Å². The SMILES string of the molecule is CCC(=O)N1CCCCC1c1ncc(-c2cnn(C(F)(F)F)c2)[nH]1. The number of hydrogen-bond acceptors (Lipinski definition) is 3. The molecule has 3 heterocycles. The number of aromatic amines is 1. The Morgan fingerprint density at radius 2 is 2.17 bits per heavy atom. The molecule has 24 heavy (non-hydrogen) atoms. The molecule has 0 spiro atoms. The molecular weight excluding hydrogens is 323 g/mol. The summed E-state index contributed by atoms with van der Waals surface area (Å²) in [6.07, 6.45) is 2.14. The second-order valence-electron chi connectivity index (χ2n) is 5.78. The van der Waals surface area contributed by atoms with Crippen molar-refractivity contribution in [3.63, 3.8) is 0 Å². The third-order valence-electron chi connectivity index (χ3n) is 4.19. The zero-order chi connectivity index (χ0) is 17.3. The van der Waals surface area contributed by atoms with E-state index >= 15 is 0 Å². The number of piperidine rings is 1. The van der Waals surface area contributed by atoms with Gasteiger partial charge in [-0.15, -0.1) is 13.2 Å². The lowest BCUT2D eigenvalue weighted by Crippen LogP contribution is -2.38. The van der Waals surface area contributed by atoms with Crippen LogP contribution in [0.2, 0.25) is 0 Å². The summed E-state index contributed by atoms with van der Waals surface area (Å²) >= 11 is 0. The molecule has 1 amide bonds. The van der Waals surface area contributed by atoms with Crippen LogP contribution in [0, 0.1) is 0 Å². The van der Waals surface area contributed by atoms with E-state index in [2.05, 4.69) is 15.1 Å². The van der Waals surface area contributed by atoms with Crippen LogP contribution in [0.3, 0.4) is 0 Å². The topological polar surface area (TPSA) is 66.8 Å². The van der Waals surface area contributed by atoms with Crippen molar-refractivity contribution in [2.24, 2.45) is 0 Å². The molecule has 6 nitrogen and oxygen atoms in total. The molecule has 0 aliphatic carbocycles. The van der Waals surface area contributed by atoms with Gasteiger partial charge in [0, 0.05) is 24.7 Å². The average molecular weight is 341 g/mol. The Balaban J connectivity index is 1.84. The van der Waals surface area contributed by atoms with Crippen LogP contribution in [-0.2, 0) is 11.1 Å². The summed E-state index contributed by atoms with van der Waals surface area (Å²) in [5, 5.41) is 3.32. The lowest BCUT2D eigenvalue weighted by Gasteiger charge is -2.34. The van der Waals surface area contributed by atoms with E-state index in [1.807, 2.05) is 6.92 Å². The van der Waals surface area contributed by atoms with E-state index < -0.39 is 6.30 Å². The second kappa shape index (κ2) is 6.29. The number of rotatable bonds is 3. The van der Waals surface area contributed by atoms with Gasteiger partial charge in [-0.1, -0.05) is 6.92 Å². The highest BCUT2D eigenvalue weighted by molar-refractivity contribution is 5.76. The second-order valence-corrected chi connectivity index (χ2v) is 5.78. The summed E-state index contributed by atoms with van der Waals surface area (Å²) < 4.78 is 37.8. The molecule has 1 N–H and O–H groups in total. The summed E-state index contributed by atoms with van der Waals surface area (Å²) in [6.45, 7) is 2.49. The van der Waals surface area contributed by atoms with Gasteiger partial charge in [0.1, 0.15) is 5.82 Å². The van der Waals surface area contributed by atoms with Gasteiger partial charge in [-0.2, -0.15) is 9.78 Å². The maximum atomic E-state index is 12.6. The normalized spacial score (nSPS) is 18.8. The molecule has 1 aliphatic heterocycles. The van der Waals surface area contributed by atoms with Gasteiger partial charge in [0.25, 0.3) is 0 Å². The summed E-state index contributed by atoms with van der Waals surface area (Å²) in [5.41, 5.74) is 0.755. The lowest BCUT2D eigenvalue weighted by atomic mass is 10.0. The van der Waals surface area contributed by atoms with E-state index in [-0.39, 0.29) is 16.6 Å². The molecule has 3 rings (SSSR count). The number of aromatic nitrogens is 4. The molecule has 0 bridgehead atoms. The number of carbonyl (C=O) groups excluding carboxylic acids is 1. The molecule has 1 fully saturated rings. The van der Waals surface area contributed by atoms with E-state index in [1.165, 1.54) is 6.20 Å². The van der Waals surface area contributed by atoms with Crippen molar-refractivity contribution in [2.45, 2.75) is 44.9 Å². The first-order chi connectivity index (χ1) is 11.4. The molecule has 0 saturated carbocycles. The predicted octanol–water partition coefficient (Wildman–Crippen LogP) is 3.21. The van der Waals surface area contributed by atoms with Crippen LogP contribution >= 0.6 is 0 Å². The largest absolute Gasteiger partial charge is 0.504 e. The van der Waals surface area contributed by atoms with Crippen LogP contribution in [0.1, 0.15) is 44.5 Å². The predicted molar refractivity (Wildman–Crippen MR) is 79.7 cm³/mol. The molecule has 1 saturated heterocycles. The van der Waals surface area contributed by atoms with Crippen LogP contribution in [0.25, 0.3) is 11.3 Å². The molecule has 1 unspecified atom stereocenters. The first-order valence-corrected chi connectivity index (χ1v) is 7.86. The quantitative estimate of drug-likeness (QED) is 0.932. The third-order valence-corrected chi connectivity index (χ3v) is 4.19. The van der Waals surface area contributed by atoms with E-state index in [9.17, 15) is 18.0 Å². The third kappa shape index (κ3) is 3.15. The van der Waals surface area contributed by atoms with Crippen LogP contribution < -0.4 is 0 Å². The Morgan fingerprint density at radius 1 is 1.38 bits per heavy atom.